The zero-order valence-electron chi connectivity index (χ0n) is 14.0. The summed E-state index contributed by atoms with van der Waals surface area (Å²) >= 11 is 30.0. The van der Waals surface area contributed by atoms with Gasteiger partial charge in [-0.25, -0.2) is 4.79 Å². The lowest BCUT2D eigenvalue weighted by molar-refractivity contribution is -0.136. The Kier molecular flexibility index (Phi) is 6.97. The molecule has 0 bridgehead atoms. The van der Waals surface area contributed by atoms with Crippen molar-refractivity contribution < 1.29 is 14.3 Å². The number of halogens is 5. The molecule has 0 saturated heterocycles. The normalized spacial score (nSPS) is 10.6. The molecule has 0 atom stereocenters. The van der Waals surface area contributed by atoms with Gasteiger partial charge in [0.25, 0.3) is 0 Å². The molecule has 0 heterocycles. The second kappa shape index (κ2) is 9.25. The molecule has 0 aliphatic rings. The minimum absolute atomic E-state index is 0.00626. The molecule has 3 aromatic rings. The summed E-state index contributed by atoms with van der Waals surface area (Å²) in [6.07, 6.45) is 0. The summed E-state index contributed by atoms with van der Waals surface area (Å²) in [5, 5.41) is -0.107. The van der Waals surface area contributed by atoms with Gasteiger partial charge in [-0.15, -0.1) is 0 Å². The highest BCUT2D eigenvalue weighted by atomic mass is 35.5. The largest absolute Gasteiger partial charge is 0.479 e. The van der Waals surface area contributed by atoms with Crippen LogP contribution in [0, 0.1) is 0 Å². The fraction of sp³-hybridized carbons (Fsp3) is 0.0500. The Hall–Kier alpha value is -1.62. The standard InChI is InChI=1S/C20H11Cl5O3/c21-15-16(22)18(24)20(19(25)17(15)23)27-10-14(26)28-13-8-6-12(7-9-13)11-4-2-1-3-5-11/h1-9H,10H2. The van der Waals surface area contributed by atoms with E-state index in [1.165, 1.54) is 0 Å². The molecule has 0 spiro atoms. The van der Waals surface area contributed by atoms with Gasteiger partial charge in [0.1, 0.15) is 15.8 Å². The van der Waals surface area contributed by atoms with Gasteiger partial charge in [0, 0.05) is 0 Å². The van der Waals surface area contributed by atoms with E-state index in [9.17, 15) is 4.79 Å². The first-order valence-electron chi connectivity index (χ1n) is 7.89. The van der Waals surface area contributed by atoms with Gasteiger partial charge in [0.15, 0.2) is 12.4 Å². The van der Waals surface area contributed by atoms with E-state index < -0.39 is 12.6 Å². The number of benzene rings is 3. The van der Waals surface area contributed by atoms with Crippen LogP contribution in [0.25, 0.3) is 11.1 Å². The Bertz CT molecular complexity index is 976. The molecule has 0 aliphatic heterocycles. The fourth-order valence-corrected chi connectivity index (χ4v) is 3.58. The van der Waals surface area contributed by atoms with Gasteiger partial charge >= 0.3 is 5.97 Å². The summed E-state index contributed by atoms with van der Waals surface area (Å²) in [6.45, 7) is -0.450. The van der Waals surface area contributed by atoms with Gasteiger partial charge in [0.05, 0.1) is 15.1 Å². The number of carbonyl (C=O) groups excluding carboxylic acids is 1. The zero-order chi connectivity index (χ0) is 20.3. The molecule has 0 amide bonds. The van der Waals surface area contributed by atoms with Crippen LogP contribution in [0.3, 0.4) is 0 Å². The van der Waals surface area contributed by atoms with Crippen molar-refractivity contribution in [3.63, 3.8) is 0 Å². The van der Waals surface area contributed by atoms with E-state index in [1.54, 1.807) is 12.1 Å². The Morgan fingerprint density at radius 1 is 0.679 bits per heavy atom. The first-order valence-corrected chi connectivity index (χ1v) is 9.78. The van der Waals surface area contributed by atoms with E-state index >= 15 is 0 Å². The van der Waals surface area contributed by atoms with Crippen LogP contribution in [0.5, 0.6) is 11.5 Å². The number of carbonyl (C=O) groups is 1. The lowest BCUT2D eigenvalue weighted by Gasteiger charge is -2.13. The SMILES string of the molecule is O=C(COc1c(Cl)c(Cl)c(Cl)c(Cl)c1Cl)Oc1ccc(-c2ccccc2)cc1. The van der Waals surface area contributed by atoms with Crippen molar-refractivity contribution in [3.05, 3.63) is 79.7 Å². The highest BCUT2D eigenvalue weighted by molar-refractivity contribution is 6.55. The van der Waals surface area contributed by atoms with E-state index in [0.717, 1.165) is 11.1 Å². The smallest absolute Gasteiger partial charge is 0.349 e. The van der Waals surface area contributed by atoms with Gasteiger partial charge < -0.3 is 9.47 Å². The van der Waals surface area contributed by atoms with E-state index in [1.807, 2.05) is 42.5 Å². The van der Waals surface area contributed by atoms with Crippen LogP contribution in [0.4, 0.5) is 0 Å². The Labute approximate surface area is 186 Å². The van der Waals surface area contributed by atoms with Gasteiger partial charge in [-0.1, -0.05) is 100 Å². The van der Waals surface area contributed by atoms with Gasteiger partial charge in [-0.3, -0.25) is 0 Å². The van der Waals surface area contributed by atoms with Gasteiger partial charge in [-0.2, -0.15) is 0 Å². The van der Waals surface area contributed by atoms with Crippen LogP contribution in [0.1, 0.15) is 0 Å². The van der Waals surface area contributed by atoms with Crippen LogP contribution >= 0.6 is 58.0 Å². The number of hydrogen-bond donors (Lipinski definition) is 0. The number of ether oxygens (including phenoxy) is 2. The molecule has 0 fully saturated rings. The van der Waals surface area contributed by atoms with Crippen molar-refractivity contribution in [3.8, 4) is 22.6 Å². The second-order valence-corrected chi connectivity index (χ2v) is 7.44. The van der Waals surface area contributed by atoms with E-state index in [0.29, 0.717) is 5.75 Å². The van der Waals surface area contributed by atoms with E-state index in [2.05, 4.69) is 0 Å². The molecule has 0 unspecified atom stereocenters. The second-order valence-electron chi connectivity index (χ2n) is 5.55. The molecule has 0 saturated carbocycles. The summed E-state index contributed by atoms with van der Waals surface area (Å²) in [4.78, 5) is 12.1. The summed E-state index contributed by atoms with van der Waals surface area (Å²) in [5.74, 6) is -0.321. The number of rotatable bonds is 5. The predicted molar refractivity (Wildman–Crippen MR) is 114 cm³/mol. The molecule has 144 valence electrons. The average Bonchev–Trinajstić information content (AvgIpc) is 2.72. The summed E-state index contributed by atoms with van der Waals surface area (Å²) in [6, 6.07) is 16.9. The van der Waals surface area contributed by atoms with Crippen molar-refractivity contribution in [1.29, 1.82) is 0 Å². The summed E-state index contributed by atoms with van der Waals surface area (Å²) < 4.78 is 10.6. The third kappa shape index (κ3) is 4.68. The minimum atomic E-state index is -0.651. The van der Waals surface area contributed by atoms with Crippen molar-refractivity contribution >= 4 is 64.0 Å². The van der Waals surface area contributed by atoms with Crippen molar-refractivity contribution in [1.82, 2.24) is 0 Å². The Morgan fingerprint density at radius 3 is 1.75 bits per heavy atom. The van der Waals surface area contributed by atoms with Crippen LogP contribution < -0.4 is 9.47 Å². The summed E-state index contributed by atoms with van der Waals surface area (Å²) in [7, 11) is 0. The topological polar surface area (TPSA) is 35.5 Å². The Morgan fingerprint density at radius 2 is 1.18 bits per heavy atom. The fourth-order valence-electron chi connectivity index (χ4n) is 2.35. The maximum Gasteiger partial charge on any atom is 0.349 e. The maximum atomic E-state index is 12.1. The molecule has 0 N–H and O–H groups in total. The van der Waals surface area contributed by atoms with Crippen LogP contribution in [0.15, 0.2) is 54.6 Å². The third-order valence-electron chi connectivity index (χ3n) is 3.70. The quantitative estimate of drug-likeness (QED) is 0.165. The van der Waals surface area contributed by atoms with Crippen LogP contribution in [-0.2, 0) is 4.79 Å². The highest BCUT2D eigenvalue weighted by Crippen LogP contribution is 2.48. The van der Waals surface area contributed by atoms with E-state index in [4.69, 9.17) is 67.5 Å². The molecule has 3 rings (SSSR count). The molecule has 8 heteroatoms. The average molecular weight is 477 g/mol. The van der Waals surface area contributed by atoms with Crippen LogP contribution in [0.2, 0.25) is 25.1 Å². The lowest BCUT2D eigenvalue weighted by atomic mass is 10.1. The monoisotopic (exact) mass is 474 g/mol. The van der Waals surface area contributed by atoms with Crippen LogP contribution in [-0.4, -0.2) is 12.6 Å². The highest BCUT2D eigenvalue weighted by Gasteiger charge is 2.21. The van der Waals surface area contributed by atoms with Gasteiger partial charge in [0.2, 0.25) is 0 Å². The van der Waals surface area contributed by atoms with E-state index in [-0.39, 0.29) is 30.9 Å². The maximum absolute atomic E-state index is 12.1. The first-order chi connectivity index (χ1) is 13.4. The number of hydrogen-bond acceptors (Lipinski definition) is 3. The molecular weight excluding hydrogens is 465 g/mol. The number of esters is 1. The Balaban J connectivity index is 1.66. The summed E-state index contributed by atoms with van der Waals surface area (Å²) in [5.41, 5.74) is 2.06. The molecule has 0 radical (unpaired) electrons. The minimum Gasteiger partial charge on any atom is -0.479 e. The molecule has 28 heavy (non-hydrogen) atoms. The molecule has 3 nitrogen and oxygen atoms in total. The molecule has 0 aliphatic carbocycles. The van der Waals surface area contributed by atoms with Crippen molar-refractivity contribution in [2.24, 2.45) is 0 Å². The van der Waals surface area contributed by atoms with Crippen molar-refractivity contribution in [2.45, 2.75) is 0 Å². The molecular formula is C20H11Cl5O3. The van der Waals surface area contributed by atoms with Crippen molar-refractivity contribution in [2.75, 3.05) is 6.61 Å². The van der Waals surface area contributed by atoms with Gasteiger partial charge in [-0.05, 0) is 23.3 Å². The lowest BCUT2D eigenvalue weighted by Crippen LogP contribution is -2.18. The molecule has 0 aromatic heterocycles. The third-order valence-corrected chi connectivity index (χ3v) is 5.94. The predicted octanol–water partition coefficient (Wildman–Crippen LogP) is 7.61. The zero-order valence-corrected chi connectivity index (χ0v) is 17.8. The first kappa shape index (κ1) is 21.1. The molecule has 3 aromatic carbocycles.